The van der Waals surface area contributed by atoms with Crippen molar-refractivity contribution in [3.8, 4) is 34.1 Å². The van der Waals surface area contributed by atoms with E-state index in [0.29, 0.717) is 6.54 Å². The van der Waals surface area contributed by atoms with E-state index in [-0.39, 0.29) is 6.79 Å². The third-order valence-corrected chi connectivity index (χ3v) is 4.35. The Bertz CT molecular complexity index is 1040. The zero-order valence-electron chi connectivity index (χ0n) is 13.9. The Morgan fingerprint density at radius 2 is 1.92 bits per heavy atom. The number of aromatic amines is 1. The molecule has 1 aliphatic rings. The van der Waals surface area contributed by atoms with Gasteiger partial charge in [-0.3, -0.25) is 4.68 Å². The van der Waals surface area contributed by atoms with Crippen molar-refractivity contribution in [1.29, 1.82) is 0 Å². The summed E-state index contributed by atoms with van der Waals surface area (Å²) in [5, 5.41) is 4.82. The maximum atomic E-state index is 5.51. The van der Waals surface area contributed by atoms with Crippen LogP contribution < -0.4 is 9.47 Å². The number of rotatable bonds is 4. The lowest BCUT2D eigenvalue weighted by atomic mass is 10.1. The molecule has 0 unspecified atom stereocenters. The first-order chi connectivity index (χ1) is 12.9. The molecule has 6 heteroatoms. The Labute approximate surface area is 150 Å². The van der Waals surface area contributed by atoms with Crippen LogP contribution in [0.5, 0.6) is 11.5 Å². The van der Waals surface area contributed by atoms with Crippen molar-refractivity contribution in [2.24, 2.45) is 0 Å². The second-order valence-corrected chi connectivity index (χ2v) is 6.08. The lowest BCUT2D eigenvalue weighted by molar-refractivity contribution is 0.174. The Morgan fingerprint density at radius 3 is 2.77 bits per heavy atom. The number of hydrogen-bond donors (Lipinski definition) is 1. The molecule has 0 saturated heterocycles. The van der Waals surface area contributed by atoms with Crippen LogP contribution in [0.1, 0.15) is 5.56 Å². The van der Waals surface area contributed by atoms with Crippen LogP contribution in [0, 0.1) is 0 Å². The highest BCUT2D eigenvalue weighted by atomic mass is 16.7. The minimum Gasteiger partial charge on any atom is -0.454 e. The molecule has 3 heterocycles. The van der Waals surface area contributed by atoms with Gasteiger partial charge in [-0.2, -0.15) is 5.10 Å². The molecule has 0 atom stereocenters. The van der Waals surface area contributed by atoms with Crippen LogP contribution in [-0.2, 0) is 6.54 Å². The molecule has 0 saturated carbocycles. The molecular formula is C20H16N4O2. The minimum atomic E-state index is 0.256. The average molecular weight is 344 g/mol. The quantitative estimate of drug-likeness (QED) is 0.613. The molecule has 4 aromatic rings. The number of nitrogens with one attached hydrogen (secondary N) is 1. The van der Waals surface area contributed by atoms with Gasteiger partial charge in [-0.25, -0.2) is 4.98 Å². The summed E-state index contributed by atoms with van der Waals surface area (Å²) in [6.45, 7) is 0.950. The van der Waals surface area contributed by atoms with E-state index in [4.69, 9.17) is 14.6 Å². The summed E-state index contributed by atoms with van der Waals surface area (Å²) in [7, 11) is 0. The molecule has 0 aliphatic carbocycles. The molecule has 6 nitrogen and oxygen atoms in total. The predicted molar refractivity (Wildman–Crippen MR) is 96.9 cm³/mol. The van der Waals surface area contributed by atoms with Crippen LogP contribution in [0.3, 0.4) is 0 Å². The maximum Gasteiger partial charge on any atom is 0.231 e. The topological polar surface area (TPSA) is 65.0 Å². The summed E-state index contributed by atoms with van der Waals surface area (Å²) < 4.78 is 12.9. The van der Waals surface area contributed by atoms with Gasteiger partial charge in [-0.15, -0.1) is 0 Å². The van der Waals surface area contributed by atoms with E-state index >= 15 is 0 Å². The van der Waals surface area contributed by atoms with Gasteiger partial charge in [-0.1, -0.05) is 30.3 Å². The SMILES string of the molecule is c1ccc(Cn2cc(-c3ncc[nH]3)c(-c3ccc4c(c3)OCO4)n2)cc1. The number of H-pyrrole nitrogens is 1. The van der Waals surface area contributed by atoms with Crippen molar-refractivity contribution in [3.63, 3.8) is 0 Å². The number of imidazole rings is 1. The van der Waals surface area contributed by atoms with Gasteiger partial charge in [0.25, 0.3) is 0 Å². The van der Waals surface area contributed by atoms with Gasteiger partial charge in [0.1, 0.15) is 11.5 Å². The standard InChI is InChI=1S/C20H16N4O2/c1-2-4-14(5-3-1)11-24-12-16(20-21-8-9-22-20)19(23-24)15-6-7-17-18(10-15)26-13-25-17/h1-10,12H,11,13H2,(H,21,22). The highest BCUT2D eigenvalue weighted by Crippen LogP contribution is 2.38. The Hall–Kier alpha value is -3.54. The van der Waals surface area contributed by atoms with Gasteiger partial charge >= 0.3 is 0 Å². The first-order valence-corrected chi connectivity index (χ1v) is 8.38. The number of benzene rings is 2. The number of fused-ring (bicyclic) bond motifs is 1. The first kappa shape index (κ1) is 14.8. The van der Waals surface area contributed by atoms with E-state index < -0.39 is 0 Å². The van der Waals surface area contributed by atoms with E-state index in [1.807, 2.05) is 53.5 Å². The number of nitrogens with zero attached hydrogens (tertiary/aromatic N) is 3. The fraction of sp³-hybridized carbons (Fsp3) is 0.100. The van der Waals surface area contributed by atoms with Crippen molar-refractivity contribution in [1.82, 2.24) is 19.7 Å². The molecule has 128 valence electrons. The monoisotopic (exact) mass is 344 g/mol. The molecule has 5 rings (SSSR count). The molecule has 0 fully saturated rings. The second kappa shape index (κ2) is 6.07. The highest BCUT2D eigenvalue weighted by Gasteiger charge is 2.19. The molecule has 0 amide bonds. The zero-order chi connectivity index (χ0) is 17.3. The summed E-state index contributed by atoms with van der Waals surface area (Å²) in [6.07, 6.45) is 5.58. The number of hydrogen-bond acceptors (Lipinski definition) is 4. The smallest absolute Gasteiger partial charge is 0.231 e. The summed E-state index contributed by atoms with van der Waals surface area (Å²) in [5.74, 6) is 2.29. The van der Waals surface area contributed by atoms with Crippen molar-refractivity contribution in [2.45, 2.75) is 6.54 Å². The van der Waals surface area contributed by atoms with Crippen molar-refractivity contribution >= 4 is 0 Å². The lowest BCUT2D eigenvalue weighted by Crippen LogP contribution is -2.00. The molecule has 0 radical (unpaired) electrons. The van der Waals surface area contributed by atoms with Crippen LogP contribution in [0.2, 0.25) is 0 Å². The fourth-order valence-electron chi connectivity index (χ4n) is 3.12. The molecule has 1 aliphatic heterocycles. The van der Waals surface area contributed by atoms with E-state index in [9.17, 15) is 0 Å². The fourth-order valence-corrected chi connectivity index (χ4v) is 3.12. The van der Waals surface area contributed by atoms with Crippen LogP contribution in [0.15, 0.2) is 67.1 Å². The second-order valence-electron chi connectivity index (χ2n) is 6.08. The van der Waals surface area contributed by atoms with E-state index in [1.165, 1.54) is 5.56 Å². The third kappa shape index (κ3) is 2.61. The first-order valence-electron chi connectivity index (χ1n) is 8.38. The van der Waals surface area contributed by atoms with Gasteiger partial charge in [0.05, 0.1) is 12.1 Å². The Kier molecular flexibility index (Phi) is 3.45. The third-order valence-electron chi connectivity index (χ3n) is 4.35. The number of aromatic nitrogens is 4. The van der Waals surface area contributed by atoms with Crippen LogP contribution >= 0.6 is 0 Å². The van der Waals surface area contributed by atoms with Crippen molar-refractivity contribution in [3.05, 3.63) is 72.7 Å². The van der Waals surface area contributed by atoms with E-state index in [2.05, 4.69) is 22.1 Å². The van der Waals surface area contributed by atoms with Gasteiger partial charge < -0.3 is 14.5 Å². The molecule has 2 aromatic carbocycles. The summed E-state index contributed by atoms with van der Waals surface area (Å²) in [4.78, 5) is 7.57. The molecular weight excluding hydrogens is 328 g/mol. The minimum absolute atomic E-state index is 0.256. The summed E-state index contributed by atoms with van der Waals surface area (Å²) in [5.41, 5.74) is 3.96. The molecule has 1 N–H and O–H groups in total. The highest BCUT2D eigenvalue weighted by molar-refractivity contribution is 5.78. The van der Waals surface area contributed by atoms with Gasteiger partial charge in [0.15, 0.2) is 11.5 Å². The normalized spacial score (nSPS) is 12.5. The molecule has 0 spiro atoms. The summed E-state index contributed by atoms with van der Waals surface area (Å²) >= 11 is 0. The van der Waals surface area contributed by atoms with E-state index in [1.54, 1.807) is 6.20 Å². The van der Waals surface area contributed by atoms with Gasteiger partial charge in [0, 0.05) is 24.2 Å². The largest absolute Gasteiger partial charge is 0.454 e. The predicted octanol–water partition coefficient (Wildman–Crippen LogP) is 3.72. The van der Waals surface area contributed by atoms with Crippen molar-refractivity contribution < 1.29 is 9.47 Å². The Balaban J connectivity index is 1.59. The van der Waals surface area contributed by atoms with Crippen LogP contribution in [-0.4, -0.2) is 26.5 Å². The lowest BCUT2D eigenvalue weighted by Gasteiger charge is -2.03. The Morgan fingerprint density at radius 1 is 1.04 bits per heavy atom. The maximum absolute atomic E-state index is 5.51. The van der Waals surface area contributed by atoms with Gasteiger partial charge in [-0.05, 0) is 23.8 Å². The molecule has 26 heavy (non-hydrogen) atoms. The van der Waals surface area contributed by atoms with Crippen molar-refractivity contribution in [2.75, 3.05) is 6.79 Å². The van der Waals surface area contributed by atoms with Crippen LogP contribution in [0.25, 0.3) is 22.6 Å². The summed E-state index contributed by atoms with van der Waals surface area (Å²) in [6, 6.07) is 16.1. The van der Waals surface area contributed by atoms with E-state index in [0.717, 1.165) is 34.1 Å². The average Bonchev–Trinajstić information content (AvgIpc) is 3.42. The van der Waals surface area contributed by atoms with Gasteiger partial charge in [0.2, 0.25) is 6.79 Å². The van der Waals surface area contributed by atoms with Crippen LogP contribution in [0.4, 0.5) is 0 Å². The molecule has 0 bridgehead atoms. The molecule has 2 aromatic heterocycles. The zero-order valence-corrected chi connectivity index (χ0v) is 13.9. The number of ether oxygens (including phenoxy) is 2.